The third-order valence-electron chi connectivity index (χ3n) is 2.42. The van der Waals surface area contributed by atoms with Gasteiger partial charge in [0, 0.05) is 0 Å². The summed E-state index contributed by atoms with van der Waals surface area (Å²) >= 11 is 0. The first kappa shape index (κ1) is 12.4. The predicted molar refractivity (Wildman–Crippen MR) is 42.1 cm³/mol. The van der Waals surface area contributed by atoms with Crippen LogP contribution in [0.4, 0.5) is 26.3 Å². The van der Waals surface area contributed by atoms with Crippen molar-refractivity contribution >= 4 is 0 Å². The molecule has 1 unspecified atom stereocenters. The van der Waals surface area contributed by atoms with E-state index in [2.05, 4.69) is 0 Å². The summed E-state index contributed by atoms with van der Waals surface area (Å²) in [5, 5.41) is 0. The van der Waals surface area contributed by atoms with E-state index >= 15 is 0 Å². The van der Waals surface area contributed by atoms with Crippen molar-refractivity contribution in [3.8, 4) is 0 Å². The van der Waals surface area contributed by atoms with E-state index in [9.17, 15) is 26.3 Å². The third kappa shape index (κ3) is 3.14. The Hall–Kier alpha value is -0.680. The highest BCUT2D eigenvalue weighted by Crippen LogP contribution is 2.46. The average Bonchev–Trinajstić information content (AvgIpc) is 2.00. The summed E-state index contributed by atoms with van der Waals surface area (Å²) in [6.07, 6.45) is -7.13. The van der Waals surface area contributed by atoms with E-state index in [-0.39, 0.29) is 6.42 Å². The van der Waals surface area contributed by atoms with Gasteiger partial charge >= 0.3 is 12.4 Å². The fourth-order valence-corrected chi connectivity index (χ4v) is 1.79. The summed E-state index contributed by atoms with van der Waals surface area (Å²) in [5.41, 5.74) is 0. The highest BCUT2D eigenvalue weighted by atomic mass is 19.4. The molecule has 0 N–H and O–H groups in total. The Morgan fingerprint density at radius 3 is 1.87 bits per heavy atom. The van der Waals surface area contributed by atoms with Gasteiger partial charge in [-0.15, -0.1) is 0 Å². The van der Waals surface area contributed by atoms with Crippen LogP contribution >= 0.6 is 0 Å². The zero-order valence-electron chi connectivity index (χ0n) is 7.70. The highest BCUT2D eigenvalue weighted by Gasteiger charge is 2.59. The van der Waals surface area contributed by atoms with Gasteiger partial charge in [0.25, 0.3) is 0 Å². The van der Waals surface area contributed by atoms with Crippen molar-refractivity contribution in [2.24, 2.45) is 11.8 Å². The van der Waals surface area contributed by atoms with Crippen LogP contribution in [0.5, 0.6) is 0 Å². The first-order valence-corrected chi connectivity index (χ1v) is 4.53. The summed E-state index contributed by atoms with van der Waals surface area (Å²) in [6, 6.07) is 0. The van der Waals surface area contributed by atoms with Gasteiger partial charge in [0.1, 0.15) is 0 Å². The van der Waals surface area contributed by atoms with Crippen LogP contribution in [-0.2, 0) is 0 Å². The molecule has 0 heterocycles. The Kier molecular flexibility index (Phi) is 3.35. The Balaban J connectivity index is 2.91. The Morgan fingerprint density at radius 1 is 1.00 bits per heavy atom. The first-order valence-electron chi connectivity index (χ1n) is 4.53. The van der Waals surface area contributed by atoms with Crippen molar-refractivity contribution in [1.29, 1.82) is 0 Å². The van der Waals surface area contributed by atoms with Gasteiger partial charge in [-0.2, -0.15) is 26.3 Å². The largest absolute Gasteiger partial charge is 0.401 e. The van der Waals surface area contributed by atoms with E-state index in [0.29, 0.717) is 12.8 Å². The molecule has 0 saturated heterocycles. The topological polar surface area (TPSA) is 0 Å². The fourth-order valence-electron chi connectivity index (χ4n) is 1.79. The van der Waals surface area contributed by atoms with Gasteiger partial charge < -0.3 is 0 Å². The Morgan fingerprint density at radius 2 is 1.53 bits per heavy atom. The lowest BCUT2D eigenvalue weighted by Gasteiger charge is -2.30. The van der Waals surface area contributed by atoms with Crippen LogP contribution in [0.15, 0.2) is 12.2 Å². The predicted octanol–water partition coefficient (Wildman–Crippen LogP) is 4.08. The lowest BCUT2D eigenvalue weighted by atomic mass is 9.83. The van der Waals surface area contributed by atoms with Crippen LogP contribution in [0, 0.1) is 11.8 Å². The second kappa shape index (κ2) is 4.06. The molecule has 0 radical (unpaired) electrons. The van der Waals surface area contributed by atoms with Crippen molar-refractivity contribution in [3.63, 3.8) is 0 Å². The molecular formula is C9H10F6. The van der Waals surface area contributed by atoms with E-state index < -0.39 is 24.2 Å². The molecule has 0 aliphatic heterocycles. The SMILES string of the molecule is FC(F)(F)C(C1C=CCCC1)C(F)(F)F. The maximum Gasteiger partial charge on any atom is 0.401 e. The van der Waals surface area contributed by atoms with E-state index in [1.807, 2.05) is 0 Å². The van der Waals surface area contributed by atoms with Crippen molar-refractivity contribution in [2.75, 3.05) is 0 Å². The van der Waals surface area contributed by atoms with Crippen LogP contribution in [-0.4, -0.2) is 12.4 Å². The second-order valence-electron chi connectivity index (χ2n) is 3.58. The zero-order chi connectivity index (χ0) is 11.7. The van der Waals surface area contributed by atoms with Crippen LogP contribution in [0.3, 0.4) is 0 Å². The number of hydrogen-bond donors (Lipinski definition) is 0. The quantitative estimate of drug-likeness (QED) is 0.472. The van der Waals surface area contributed by atoms with E-state index in [1.165, 1.54) is 6.08 Å². The maximum absolute atomic E-state index is 12.2. The number of allylic oxidation sites excluding steroid dienone is 2. The molecule has 1 aliphatic carbocycles. The lowest BCUT2D eigenvalue weighted by molar-refractivity contribution is -0.295. The van der Waals surface area contributed by atoms with E-state index in [4.69, 9.17) is 0 Å². The van der Waals surface area contributed by atoms with Crippen molar-refractivity contribution in [1.82, 2.24) is 0 Å². The highest BCUT2D eigenvalue weighted by molar-refractivity contribution is 4.99. The van der Waals surface area contributed by atoms with Gasteiger partial charge in [0.15, 0.2) is 5.92 Å². The lowest BCUT2D eigenvalue weighted by Crippen LogP contribution is -2.41. The van der Waals surface area contributed by atoms with Gasteiger partial charge in [-0.25, -0.2) is 0 Å². The Bertz CT molecular complexity index is 222. The second-order valence-corrected chi connectivity index (χ2v) is 3.58. The molecule has 6 heteroatoms. The standard InChI is InChI=1S/C9H10F6/c10-8(11,12)7(9(13,14)15)6-4-2-1-3-5-6/h2,4,6-7H,1,3,5H2. The van der Waals surface area contributed by atoms with Crippen LogP contribution in [0.25, 0.3) is 0 Å². The maximum atomic E-state index is 12.2. The van der Waals surface area contributed by atoms with Crippen LogP contribution in [0.2, 0.25) is 0 Å². The molecule has 1 aliphatic rings. The van der Waals surface area contributed by atoms with Crippen molar-refractivity contribution in [3.05, 3.63) is 12.2 Å². The molecule has 1 atom stereocenters. The van der Waals surface area contributed by atoms with Crippen molar-refractivity contribution in [2.45, 2.75) is 31.6 Å². The molecule has 0 aromatic heterocycles. The van der Waals surface area contributed by atoms with E-state index in [1.54, 1.807) is 0 Å². The minimum atomic E-state index is -5.22. The van der Waals surface area contributed by atoms with Crippen LogP contribution in [0.1, 0.15) is 19.3 Å². The summed E-state index contributed by atoms with van der Waals surface area (Å²) in [4.78, 5) is 0. The molecule has 1 rings (SSSR count). The van der Waals surface area contributed by atoms with Gasteiger partial charge in [-0.3, -0.25) is 0 Å². The van der Waals surface area contributed by atoms with Gasteiger partial charge in [0.05, 0.1) is 0 Å². The molecule has 0 nitrogen and oxygen atoms in total. The Labute approximate surface area is 83.0 Å². The molecule has 0 fully saturated rings. The van der Waals surface area contributed by atoms with Crippen molar-refractivity contribution < 1.29 is 26.3 Å². The minimum absolute atomic E-state index is 0.0554. The van der Waals surface area contributed by atoms with Gasteiger partial charge in [0.2, 0.25) is 0 Å². The fraction of sp³-hybridized carbons (Fsp3) is 0.778. The normalized spacial score (nSPS) is 23.5. The molecule has 0 saturated carbocycles. The smallest absolute Gasteiger partial charge is 0.170 e. The first-order chi connectivity index (χ1) is 6.73. The number of halogens is 6. The number of alkyl halides is 6. The van der Waals surface area contributed by atoms with Gasteiger partial charge in [-0.05, 0) is 25.2 Å². The van der Waals surface area contributed by atoms with Crippen LogP contribution < -0.4 is 0 Å². The molecule has 0 bridgehead atoms. The molecule has 0 aromatic rings. The zero-order valence-corrected chi connectivity index (χ0v) is 7.70. The molecule has 0 spiro atoms. The third-order valence-corrected chi connectivity index (χ3v) is 2.42. The molecule has 0 amide bonds. The summed E-state index contributed by atoms with van der Waals surface area (Å²) in [6.45, 7) is 0. The van der Waals surface area contributed by atoms with Gasteiger partial charge in [-0.1, -0.05) is 12.2 Å². The summed E-state index contributed by atoms with van der Waals surface area (Å²) in [5.74, 6) is -4.68. The number of hydrogen-bond acceptors (Lipinski definition) is 0. The van der Waals surface area contributed by atoms with E-state index in [0.717, 1.165) is 6.08 Å². The molecule has 88 valence electrons. The summed E-state index contributed by atoms with van der Waals surface area (Å²) in [7, 11) is 0. The monoisotopic (exact) mass is 232 g/mol. The molecule has 15 heavy (non-hydrogen) atoms. The molecular weight excluding hydrogens is 222 g/mol. The molecule has 0 aromatic carbocycles. The minimum Gasteiger partial charge on any atom is -0.170 e. The summed E-state index contributed by atoms with van der Waals surface area (Å²) < 4.78 is 73.5. The average molecular weight is 232 g/mol. The number of rotatable bonds is 1.